The number of aromatic nitrogens is 2. The first-order valence-corrected chi connectivity index (χ1v) is 41.7. The smallest absolute Gasteiger partial charge is 0.270 e. The maximum atomic E-state index is 13.4. The number of nitro benzene ring substituents is 1. The van der Waals surface area contributed by atoms with Crippen molar-refractivity contribution in [2.75, 3.05) is 156 Å². The van der Waals surface area contributed by atoms with Crippen molar-refractivity contribution in [2.45, 2.75) is 128 Å². The van der Waals surface area contributed by atoms with E-state index in [9.17, 15) is 48.5 Å². The van der Waals surface area contributed by atoms with E-state index in [1.54, 1.807) is 30.3 Å². The third-order valence-corrected chi connectivity index (χ3v) is 26.6. The Bertz CT molecular complexity index is 4820. The van der Waals surface area contributed by atoms with Crippen LogP contribution in [-0.4, -0.2) is 245 Å². The lowest BCUT2D eigenvalue weighted by Crippen LogP contribution is -2.47. The van der Waals surface area contributed by atoms with Gasteiger partial charge in [0.25, 0.3) is 29.3 Å². The first-order chi connectivity index (χ1) is 55.4. The molecule has 4 aromatic carbocycles. The summed E-state index contributed by atoms with van der Waals surface area (Å²) in [5.41, 5.74) is 18.3. The van der Waals surface area contributed by atoms with E-state index in [0.717, 1.165) is 227 Å². The van der Waals surface area contributed by atoms with Crippen molar-refractivity contribution in [3.8, 4) is 0 Å². The molecule has 10 aliphatic heterocycles. The molecule has 2 aromatic heterocycles. The van der Waals surface area contributed by atoms with Crippen LogP contribution in [0.25, 0.3) is 0 Å². The highest BCUT2D eigenvalue weighted by molar-refractivity contribution is 6.25. The molecule has 12 aliphatic rings. The Kier molecular flexibility index (Phi) is 22.3. The Morgan fingerprint density at radius 1 is 0.395 bits per heavy atom. The lowest BCUT2D eigenvalue weighted by molar-refractivity contribution is -0.384. The number of piperidine rings is 4. The lowest BCUT2D eigenvalue weighted by atomic mass is 9.90. The number of Topliss-reactive ketones (excluding diaryl/α,β-unsaturated/α-hetero) is 4. The molecule has 6 aromatic rings. The number of carbonyl (C=O) groups is 8. The molecule has 0 bridgehead atoms. The predicted octanol–water partition coefficient (Wildman–Crippen LogP) is 9.21. The van der Waals surface area contributed by atoms with Crippen LogP contribution in [0.5, 0.6) is 0 Å². The fraction of sp³-hybridized carbons (Fsp3) is 0.500. The second kappa shape index (κ2) is 33.3. The monoisotopic (exact) mass is 1540 g/mol. The zero-order valence-electron chi connectivity index (χ0n) is 65.1. The number of likely N-dealkylation sites (tertiary alicyclic amines) is 2. The summed E-state index contributed by atoms with van der Waals surface area (Å²) in [6.45, 7) is 22.0. The van der Waals surface area contributed by atoms with Crippen LogP contribution in [0.3, 0.4) is 0 Å². The molecule has 0 spiro atoms. The number of piperazine rings is 2. The Morgan fingerprint density at radius 3 is 1.24 bits per heavy atom. The number of rotatable bonds is 19. The first-order valence-electron chi connectivity index (χ1n) is 41.7. The Morgan fingerprint density at radius 2 is 0.807 bits per heavy atom. The van der Waals surface area contributed by atoms with Crippen LogP contribution < -0.4 is 25.3 Å². The minimum atomic E-state index is -0.845. The summed E-state index contributed by atoms with van der Waals surface area (Å²) in [6.07, 6.45) is 16.1. The highest BCUT2D eigenvalue weighted by Crippen LogP contribution is 2.38. The third kappa shape index (κ3) is 16.3. The molecule has 26 nitrogen and oxygen atoms in total. The zero-order valence-corrected chi connectivity index (χ0v) is 65.1. The number of fused-ring (bicyclic) bond motifs is 4. The Hall–Kier alpha value is -10.3. The maximum Gasteiger partial charge on any atom is 0.270 e. The van der Waals surface area contributed by atoms with Gasteiger partial charge in [0.1, 0.15) is 23.2 Å². The largest absolute Gasteiger partial charge is 0.399 e. The molecule has 12 heterocycles. The molecule has 2 N–H and O–H groups in total. The highest BCUT2D eigenvalue weighted by atomic mass is 16.6. The van der Waals surface area contributed by atoms with Crippen LogP contribution in [0, 0.1) is 33.8 Å². The molecule has 26 heteroatoms. The van der Waals surface area contributed by atoms with E-state index in [2.05, 4.69) is 68.4 Å². The van der Waals surface area contributed by atoms with Crippen LogP contribution in [0.4, 0.5) is 34.4 Å². The molecule has 2 saturated carbocycles. The molecule has 594 valence electrons. The second-order valence-electron chi connectivity index (χ2n) is 33.6. The summed E-state index contributed by atoms with van der Waals surface area (Å²) >= 11 is 0. The van der Waals surface area contributed by atoms with Crippen molar-refractivity contribution < 1.29 is 43.3 Å². The van der Waals surface area contributed by atoms with Crippen molar-refractivity contribution in [3.05, 3.63) is 175 Å². The molecule has 2 aliphatic carbocycles. The second-order valence-corrected chi connectivity index (χ2v) is 33.6. The number of hydrogen-bond donors (Lipinski definition) is 1. The molecular weight excluding hydrogens is 1440 g/mol. The van der Waals surface area contributed by atoms with Crippen molar-refractivity contribution >= 4 is 92.6 Å². The van der Waals surface area contributed by atoms with E-state index in [1.807, 2.05) is 54.9 Å². The quantitative estimate of drug-likeness (QED) is 0.0260. The molecule has 114 heavy (non-hydrogen) atoms. The molecule has 6 saturated heterocycles. The number of anilines is 5. The van der Waals surface area contributed by atoms with E-state index in [1.165, 1.54) is 63.7 Å². The number of nitrogens with two attached hydrogens (primary N) is 1. The number of nitrogens with zero attached hydrogens (tertiary/aromatic N) is 15. The fourth-order valence-corrected chi connectivity index (χ4v) is 19.7. The van der Waals surface area contributed by atoms with Gasteiger partial charge in [-0.1, -0.05) is 6.07 Å². The van der Waals surface area contributed by atoms with Crippen molar-refractivity contribution in [1.29, 1.82) is 0 Å². The van der Waals surface area contributed by atoms with Crippen LogP contribution >= 0.6 is 0 Å². The van der Waals surface area contributed by atoms with Gasteiger partial charge < -0.3 is 35.1 Å². The normalized spacial score (nSPS) is 22.7. The lowest BCUT2D eigenvalue weighted by Gasteiger charge is -2.39. The molecule has 0 radical (unpaired) electrons. The molecule has 18 rings (SSSR count). The van der Waals surface area contributed by atoms with Crippen LogP contribution in [-0.2, 0) is 32.3 Å². The summed E-state index contributed by atoms with van der Waals surface area (Å²) < 4.78 is 0. The van der Waals surface area contributed by atoms with Crippen LogP contribution in [0.1, 0.15) is 178 Å². The average molecular weight is 1540 g/mol. The van der Waals surface area contributed by atoms with Gasteiger partial charge in [0, 0.05) is 168 Å². The van der Waals surface area contributed by atoms with E-state index in [4.69, 9.17) is 20.7 Å². The van der Waals surface area contributed by atoms with Gasteiger partial charge in [-0.15, -0.1) is 0 Å². The van der Waals surface area contributed by atoms with Crippen LogP contribution in [0.15, 0.2) is 119 Å². The predicted molar refractivity (Wildman–Crippen MR) is 435 cm³/mol. The number of aliphatic imine (C=N–C) groups is 2. The third-order valence-electron chi connectivity index (χ3n) is 26.6. The summed E-state index contributed by atoms with van der Waals surface area (Å²) in [5.74, 6) is 2.17. The van der Waals surface area contributed by atoms with Gasteiger partial charge in [-0.3, -0.25) is 78.1 Å². The molecular formula is C88H102N16O10. The van der Waals surface area contributed by atoms with Crippen molar-refractivity contribution in [1.82, 2.24) is 39.4 Å². The van der Waals surface area contributed by atoms with Crippen molar-refractivity contribution in [2.24, 2.45) is 33.7 Å². The number of benzene rings is 4. The number of imide groups is 2. The first kappa shape index (κ1) is 76.4. The molecule has 2 atom stereocenters. The number of amides is 4. The summed E-state index contributed by atoms with van der Waals surface area (Å²) in [6, 6.07) is 28.6. The van der Waals surface area contributed by atoms with Gasteiger partial charge in [0.15, 0.2) is 11.6 Å². The molecule has 8 fully saturated rings. The van der Waals surface area contributed by atoms with E-state index in [0.29, 0.717) is 47.2 Å². The van der Waals surface area contributed by atoms with Gasteiger partial charge in [0.05, 0.1) is 76.6 Å². The van der Waals surface area contributed by atoms with Crippen LogP contribution in [0.2, 0.25) is 0 Å². The standard InChI is InChI=1S/C44H50N8O6.C44H52N8O4/c53-35-4-6-39(40(54)26-35)51-43(55)36-5-3-33(24-38(36)44(51)56)49-17-11-30(12-18-49)28-48-15-9-29(10-16-48)8-14-47-19-21-50(22-20-47)41-23-31(7-13-45-41)42-37-25-34(52(57)58)2-1-32(37)27-46-42;45-33-2-1-32-27-47-42(37(32)24-33)31-7-13-46-41(23-31)51-21-19-48(20-22-51)14-8-29-9-15-49(16-10-29)28-30-11-17-50(18-12-30)34-3-5-36-38(25-34)44(56)52(43(36)55)39-6-4-35(53)26-40(39)54/h1-3,5,7,13,23-25,29-30,39H,4,6,8-12,14-22,26-28H2;1-3,5,7,13,23-25,29-30,39H,4,6,8-12,14-22,26-28,45H2. The molecule has 2 unspecified atom stereocenters. The van der Waals surface area contributed by atoms with Gasteiger partial charge in [-0.25, -0.2) is 9.97 Å². The van der Waals surface area contributed by atoms with Gasteiger partial charge in [-0.05, 0) is 230 Å². The average Bonchev–Trinajstić information content (AvgIpc) is 1.61. The summed E-state index contributed by atoms with van der Waals surface area (Å²) in [5, 5.41) is 11.4. The SMILES string of the molecule is Nc1ccc2c(c1)C(c1ccnc(N3CCN(CCC4CCN(CC5CCN(c6ccc7c(c6)C(=O)N(C6CCC(=O)CC6=O)C7=O)CC5)CC4)CC3)c1)=NC2.O=C1CCC(N2C(=O)c3ccc(N4CCC(CN5CCC(CCN6CCN(c7cc(C8=NCc9ccc([N+](=O)[O-])cc98)ccn7)CC6)CC5)CC4)cc3C2=O)C(=O)C1. The van der Waals surface area contributed by atoms with Crippen molar-refractivity contribution in [3.63, 3.8) is 0 Å². The highest BCUT2D eigenvalue weighted by Gasteiger charge is 2.47. The summed E-state index contributed by atoms with van der Waals surface area (Å²) in [7, 11) is 0. The Labute approximate surface area is 664 Å². The van der Waals surface area contributed by atoms with E-state index < -0.39 is 35.7 Å². The number of pyridine rings is 2. The van der Waals surface area contributed by atoms with E-state index in [-0.39, 0.29) is 72.3 Å². The van der Waals surface area contributed by atoms with Gasteiger partial charge in [0.2, 0.25) is 0 Å². The van der Waals surface area contributed by atoms with Gasteiger partial charge >= 0.3 is 0 Å². The number of hydrogen-bond acceptors (Lipinski definition) is 23. The number of non-ortho nitro benzene ring substituents is 1. The minimum Gasteiger partial charge on any atom is -0.399 e. The van der Waals surface area contributed by atoms with Gasteiger partial charge in [-0.2, -0.15) is 0 Å². The summed E-state index contributed by atoms with van der Waals surface area (Å²) in [4.78, 5) is 154. The number of carbonyl (C=O) groups excluding carboxylic acids is 8. The zero-order chi connectivity index (χ0) is 78.3. The number of nitro groups is 1. The number of nitrogen functional groups attached to an aromatic ring is 1. The fourth-order valence-electron chi connectivity index (χ4n) is 19.7. The topological polar surface area (TPSA) is 289 Å². The Balaban J connectivity index is 0.000000165. The number of ketones is 4. The minimum absolute atomic E-state index is 0.0825. The van der Waals surface area contributed by atoms with E-state index >= 15 is 0 Å². The maximum absolute atomic E-state index is 13.4. The molecule has 4 amide bonds.